The van der Waals surface area contributed by atoms with E-state index < -0.39 is 0 Å². The van der Waals surface area contributed by atoms with Gasteiger partial charge in [0.05, 0.1) is 12.3 Å². The van der Waals surface area contributed by atoms with Gasteiger partial charge in [0.25, 0.3) is 5.91 Å². The van der Waals surface area contributed by atoms with Crippen LogP contribution >= 0.6 is 0 Å². The molecule has 0 saturated carbocycles. The van der Waals surface area contributed by atoms with Crippen LogP contribution in [0.3, 0.4) is 0 Å². The number of carbonyl (C=O) groups is 1. The highest BCUT2D eigenvalue weighted by Gasteiger charge is 2.29. The van der Waals surface area contributed by atoms with Gasteiger partial charge in [-0.3, -0.25) is 4.79 Å². The molecule has 0 aliphatic carbocycles. The van der Waals surface area contributed by atoms with Crippen LogP contribution in [0.5, 0.6) is 0 Å². The summed E-state index contributed by atoms with van der Waals surface area (Å²) in [7, 11) is 0. The van der Waals surface area contributed by atoms with Gasteiger partial charge in [-0.25, -0.2) is 0 Å². The number of rotatable bonds is 6. The first-order chi connectivity index (χ1) is 10.5. The third-order valence-corrected chi connectivity index (χ3v) is 4.44. The Bertz CT molecular complexity index is 476. The lowest BCUT2D eigenvalue weighted by atomic mass is 9.87. The van der Waals surface area contributed by atoms with Gasteiger partial charge in [-0.1, -0.05) is 25.9 Å². The predicted octanol–water partition coefficient (Wildman–Crippen LogP) is 2.89. The van der Waals surface area contributed by atoms with E-state index >= 15 is 0 Å². The zero-order valence-electron chi connectivity index (χ0n) is 13.9. The van der Waals surface area contributed by atoms with E-state index in [4.69, 9.17) is 4.52 Å². The van der Waals surface area contributed by atoms with E-state index in [-0.39, 0.29) is 12.0 Å². The van der Waals surface area contributed by atoms with Gasteiger partial charge in [-0.15, -0.1) is 0 Å². The molecule has 0 radical (unpaired) electrons. The predicted molar refractivity (Wildman–Crippen MR) is 84.6 cm³/mol. The summed E-state index contributed by atoms with van der Waals surface area (Å²) >= 11 is 0. The minimum Gasteiger partial charge on any atom is -0.393 e. The zero-order chi connectivity index (χ0) is 16.1. The van der Waals surface area contributed by atoms with Gasteiger partial charge in [0.15, 0.2) is 0 Å². The van der Waals surface area contributed by atoms with Crippen molar-refractivity contribution in [3.8, 4) is 0 Å². The molecule has 5 heteroatoms. The van der Waals surface area contributed by atoms with Crippen molar-refractivity contribution in [2.75, 3.05) is 13.1 Å². The fraction of sp³-hybridized carbons (Fsp3) is 0.765. The Labute approximate surface area is 132 Å². The highest BCUT2D eigenvalue weighted by molar-refractivity contribution is 5.94. The maximum atomic E-state index is 12.6. The molecule has 5 nitrogen and oxygen atoms in total. The zero-order valence-corrected chi connectivity index (χ0v) is 13.9. The Balaban J connectivity index is 1.91. The molecule has 1 fully saturated rings. The van der Waals surface area contributed by atoms with Crippen LogP contribution in [0, 0.1) is 11.8 Å². The number of amides is 1. The topological polar surface area (TPSA) is 66.6 Å². The Morgan fingerprint density at radius 2 is 2.14 bits per heavy atom. The SMILES string of the molecule is CCCc1oncc1C(=O)N1CCC(C(O)CC(C)C)CC1. The molecule has 0 bridgehead atoms. The number of aryl methyl sites for hydroxylation is 1. The summed E-state index contributed by atoms with van der Waals surface area (Å²) in [6.45, 7) is 7.72. The van der Waals surface area contributed by atoms with Crippen LogP contribution < -0.4 is 0 Å². The maximum Gasteiger partial charge on any atom is 0.259 e. The molecule has 1 aromatic rings. The second kappa shape index (κ2) is 7.77. The Hall–Kier alpha value is -1.36. The van der Waals surface area contributed by atoms with Gasteiger partial charge in [-0.2, -0.15) is 0 Å². The molecule has 0 aromatic carbocycles. The fourth-order valence-corrected chi connectivity index (χ4v) is 3.18. The second-order valence-corrected chi connectivity index (χ2v) is 6.74. The average molecular weight is 308 g/mol. The molecule has 1 saturated heterocycles. The Morgan fingerprint density at radius 3 is 2.73 bits per heavy atom. The van der Waals surface area contributed by atoms with E-state index in [1.165, 1.54) is 6.20 Å². The number of aliphatic hydroxyl groups is 1. The Kier molecular flexibility index (Phi) is 6.00. The molecule has 1 amide bonds. The molecule has 1 unspecified atom stereocenters. The first-order valence-electron chi connectivity index (χ1n) is 8.43. The average Bonchev–Trinajstić information content (AvgIpc) is 2.94. The van der Waals surface area contributed by atoms with Crippen molar-refractivity contribution < 1.29 is 14.4 Å². The third kappa shape index (κ3) is 4.09. The molecule has 1 N–H and O–H groups in total. The van der Waals surface area contributed by atoms with Gasteiger partial charge in [0, 0.05) is 19.5 Å². The molecular formula is C17H28N2O3. The summed E-state index contributed by atoms with van der Waals surface area (Å²) in [4.78, 5) is 14.4. The van der Waals surface area contributed by atoms with Crippen LogP contribution in [0.15, 0.2) is 10.7 Å². The number of likely N-dealkylation sites (tertiary alicyclic amines) is 1. The van der Waals surface area contributed by atoms with Crippen LogP contribution in [0.2, 0.25) is 0 Å². The van der Waals surface area contributed by atoms with Crippen molar-refractivity contribution in [1.29, 1.82) is 0 Å². The van der Waals surface area contributed by atoms with Crippen molar-refractivity contribution in [2.45, 2.75) is 59.0 Å². The van der Waals surface area contributed by atoms with Crippen LogP contribution in [-0.2, 0) is 6.42 Å². The van der Waals surface area contributed by atoms with E-state index in [0.717, 1.165) is 32.1 Å². The van der Waals surface area contributed by atoms with Gasteiger partial charge < -0.3 is 14.5 Å². The summed E-state index contributed by atoms with van der Waals surface area (Å²) in [5.41, 5.74) is 0.600. The number of nitrogens with zero attached hydrogens (tertiary/aromatic N) is 2. The van der Waals surface area contributed by atoms with Gasteiger partial charge >= 0.3 is 0 Å². The maximum absolute atomic E-state index is 12.6. The quantitative estimate of drug-likeness (QED) is 0.877. The molecule has 1 aliphatic rings. The van der Waals surface area contributed by atoms with E-state index in [0.29, 0.717) is 36.2 Å². The lowest BCUT2D eigenvalue weighted by Gasteiger charge is -2.34. The van der Waals surface area contributed by atoms with Crippen LogP contribution in [-0.4, -0.2) is 40.3 Å². The van der Waals surface area contributed by atoms with E-state index in [1.807, 2.05) is 4.90 Å². The second-order valence-electron chi connectivity index (χ2n) is 6.74. The number of aliphatic hydroxyl groups excluding tert-OH is 1. The van der Waals surface area contributed by atoms with Crippen molar-refractivity contribution in [2.24, 2.45) is 11.8 Å². The summed E-state index contributed by atoms with van der Waals surface area (Å²) in [5, 5.41) is 14.0. The van der Waals surface area contributed by atoms with E-state index in [2.05, 4.69) is 25.9 Å². The minimum absolute atomic E-state index is 0.0153. The van der Waals surface area contributed by atoms with Gasteiger partial charge in [0.1, 0.15) is 11.3 Å². The lowest BCUT2D eigenvalue weighted by molar-refractivity contribution is 0.0384. The van der Waals surface area contributed by atoms with Gasteiger partial charge in [-0.05, 0) is 37.5 Å². The van der Waals surface area contributed by atoms with Crippen LogP contribution in [0.4, 0.5) is 0 Å². The number of piperidine rings is 1. The molecule has 1 aliphatic heterocycles. The molecule has 1 atom stereocenters. The van der Waals surface area contributed by atoms with Crippen LogP contribution in [0.25, 0.3) is 0 Å². The highest BCUT2D eigenvalue weighted by atomic mass is 16.5. The smallest absolute Gasteiger partial charge is 0.259 e. The normalized spacial score (nSPS) is 18.0. The molecule has 2 heterocycles. The minimum atomic E-state index is -0.247. The third-order valence-electron chi connectivity index (χ3n) is 4.44. The fourth-order valence-electron chi connectivity index (χ4n) is 3.18. The molecule has 0 spiro atoms. The molecule has 2 rings (SSSR count). The summed E-state index contributed by atoms with van der Waals surface area (Å²) in [6, 6.07) is 0. The van der Waals surface area contributed by atoms with Crippen molar-refractivity contribution in [3.63, 3.8) is 0 Å². The molecule has 1 aromatic heterocycles. The van der Waals surface area contributed by atoms with Gasteiger partial charge in [0.2, 0.25) is 0 Å². The van der Waals surface area contributed by atoms with Crippen molar-refractivity contribution in [1.82, 2.24) is 10.1 Å². The number of hydrogen-bond acceptors (Lipinski definition) is 4. The molecule has 22 heavy (non-hydrogen) atoms. The molecule has 124 valence electrons. The number of aromatic nitrogens is 1. The van der Waals surface area contributed by atoms with Crippen LogP contribution in [0.1, 0.15) is 62.6 Å². The van der Waals surface area contributed by atoms with E-state index in [1.54, 1.807) is 0 Å². The number of hydrogen-bond donors (Lipinski definition) is 1. The standard InChI is InChI=1S/C17H28N2O3/c1-4-5-16-14(11-18-22-16)17(21)19-8-6-13(7-9-19)15(20)10-12(2)3/h11-13,15,20H,4-10H2,1-3H3. The summed E-state index contributed by atoms with van der Waals surface area (Å²) in [6.07, 6.45) is 5.53. The lowest BCUT2D eigenvalue weighted by Crippen LogP contribution is -2.41. The highest BCUT2D eigenvalue weighted by Crippen LogP contribution is 2.26. The first kappa shape index (κ1) is 17.0. The summed E-state index contributed by atoms with van der Waals surface area (Å²) < 4.78 is 5.18. The van der Waals surface area contributed by atoms with Crippen molar-refractivity contribution >= 4 is 5.91 Å². The summed E-state index contributed by atoms with van der Waals surface area (Å²) in [5.74, 6) is 1.52. The Morgan fingerprint density at radius 1 is 1.45 bits per heavy atom. The van der Waals surface area contributed by atoms with Crippen molar-refractivity contribution in [3.05, 3.63) is 17.5 Å². The first-order valence-corrected chi connectivity index (χ1v) is 8.43. The largest absolute Gasteiger partial charge is 0.393 e. The molecular weight excluding hydrogens is 280 g/mol. The van der Waals surface area contributed by atoms with E-state index in [9.17, 15) is 9.90 Å². The monoisotopic (exact) mass is 308 g/mol. The number of carbonyl (C=O) groups excluding carboxylic acids is 1.